The van der Waals surface area contributed by atoms with E-state index in [9.17, 15) is 24.3 Å². The van der Waals surface area contributed by atoms with Gasteiger partial charge in [-0.25, -0.2) is 4.79 Å². The predicted molar refractivity (Wildman–Crippen MR) is 144 cm³/mol. The van der Waals surface area contributed by atoms with Gasteiger partial charge in [0, 0.05) is 32.5 Å². The van der Waals surface area contributed by atoms with Crippen molar-refractivity contribution in [3.63, 3.8) is 0 Å². The number of Topliss-reactive ketones (excluding diaryl/α,β-unsaturated/α-hetero) is 1. The molecule has 0 saturated carbocycles. The van der Waals surface area contributed by atoms with Gasteiger partial charge in [0.15, 0.2) is 5.78 Å². The van der Waals surface area contributed by atoms with E-state index in [0.29, 0.717) is 25.9 Å². The number of β-amino-alcohol motifs (C(OH)–C–C–N with tert-alkyl or cyclic N) is 1. The van der Waals surface area contributed by atoms with E-state index in [0.717, 1.165) is 38.5 Å². The zero-order chi connectivity index (χ0) is 27.8. The number of carbonyl (C=O) groups is 4. The summed E-state index contributed by atoms with van der Waals surface area (Å²) >= 11 is 0. The van der Waals surface area contributed by atoms with Gasteiger partial charge in [0.2, 0.25) is 11.8 Å². The van der Waals surface area contributed by atoms with Gasteiger partial charge in [-0.3, -0.25) is 14.4 Å². The summed E-state index contributed by atoms with van der Waals surface area (Å²) in [6.07, 6.45) is 5.81. The molecule has 0 bridgehead atoms. The molecule has 2 heterocycles. The Balaban J connectivity index is 1.95. The third-order valence-electron chi connectivity index (χ3n) is 8.51. The molecular formula is C28H50N4O5. The lowest BCUT2D eigenvalue weighted by Crippen LogP contribution is -2.53. The molecule has 3 atom stereocenters. The molecule has 2 rings (SSSR count). The van der Waals surface area contributed by atoms with Crippen LogP contribution in [0.2, 0.25) is 0 Å². The molecule has 0 radical (unpaired) electrons. The van der Waals surface area contributed by atoms with Crippen molar-refractivity contribution in [3.05, 3.63) is 0 Å². The van der Waals surface area contributed by atoms with Crippen molar-refractivity contribution in [1.29, 1.82) is 0 Å². The summed E-state index contributed by atoms with van der Waals surface area (Å²) in [7, 11) is 0. The van der Waals surface area contributed by atoms with E-state index in [1.54, 1.807) is 4.90 Å². The monoisotopic (exact) mass is 522 g/mol. The molecule has 3 unspecified atom stereocenters. The Kier molecular flexibility index (Phi) is 11.4. The van der Waals surface area contributed by atoms with Gasteiger partial charge >= 0.3 is 6.03 Å². The lowest BCUT2D eigenvalue weighted by Gasteiger charge is -2.33. The summed E-state index contributed by atoms with van der Waals surface area (Å²) in [5.41, 5.74) is 0.0425. The summed E-state index contributed by atoms with van der Waals surface area (Å²) in [4.78, 5) is 54.9. The minimum absolute atomic E-state index is 0.0182. The van der Waals surface area contributed by atoms with Gasteiger partial charge in [0.1, 0.15) is 0 Å². The Labute approximate surface area is 223 Å². The average molecular weight is 523 g/mol. The normalized spacial score (nSPS) is 22.3. The number of carbonyl (C=O) groups excluding carboxylic acids is 4. The van der Waals surface area contributed by atoms with Crippen LogP contribution in [0.5, 0.6) is 0 Å². The van der Waals surface area contributed by atoms with E-state index in [-0.39, 0.29) is 47.9 Å². The Morgan fingerprint density at radius 3 is 2.24 bits per heavy atom. The van der Waals surface area contributed by atoms with Crippen molar-refractivity contribution in [1.82, 2.24) is 20.4 Å². The van der Waals surface area contributed by atoms with Gasteiger partial charge in [-0.2, -0.15) is 0 Å². The fourth-order valence-corrected chi connectivity index (χ4v) is 5.52. The number of nitrogens with zero attached hydrogens (tertiary/aromatic N) is 2. The third kappa shape index (κ3) is 8.69. The van der Waals surface area contributed by atoms with Gasteiger partial charge in [-0.1, -0.05) is 60.8 Å². The SMILES string of the molecule is CCCC(C)(C)CCNC(=O)CNC(=O)N1CC(O)CC1C(=O)C1CCCN1C(=O)CC(C)(CC)CC. The number of hydrogen-bond acceptors (Lipinski definition) is 5. The van der Waals surface area contributed by atoms with E-state index in [4.69, 9.17) is 0 Å². The van der Waals surface area contributed by atoms with Crippen LogP contribution < -0.4 is 10.6 Å². The number of hydrogen-bond donors (Lipinski definition) is 3. The van der Waals surface area contributed by atoms with Crippen molar-refractivity contribution >= 4 is 23.6 Å². The molecule has 0 spiro atoms. The molecular weight excluding hydrogens is 472 g/mol. The van der Waals surface area contributed by atoms with Crippen molar-refractivity contribution < 1.29 is 24.3 Å². The van der Waals surface area contributed by atoms with Crippen LogP contribution in [0.3, 0.4) is 0 Å². The Hall–Kier alpha value is -2.16. The fourth-order valence-electron chi connectivity index (χ4n) is 5.52. The third-order valence-corrected chi connectivity index (χ3v) is 8.51. The van der Waals surface area contributed by atoms with Crippen LogP contribution in [0.15, 0.2) is 0 Å². The molecule has 212 valence electrons. The zero-order valence-electron chi connectivity index (χ0n) is 23.9. The van der Waals surface area contributed by atoms with Crippen LogP contribution in [0.1, 0.15) is 99.3 Å². The van der Waals surface area contributed by atoms with E-state index in [2.05, 4.69) is 52.2 Å². The van der Waals surface area contributed by atoms with Gasteiger partial charge in [-0.15, -0.1) is 0 Å². The highest BCUT2D eigenvalue weighted by molar-refractivity contribution is 5.96. The first kappa shape index (κ1) is 31.1. The zero-order valence-corrected chi connectivity index (χ0v) is 23.9. The smallest absolute Gasteiger partial charge is 0.318 e. The molecule has 9 heteroatoms. The maximum Gasteiger partial charge on any atom is 0.318 e. The molecule has 4 amide bonds. The minimum atomic E-state index is -0.816. The summed E-state index contributed by atoms with van der Waals surface area (Å²) in [6.45, 7) is 13.6. The van der Waals surface area contributed by atoms with Crippen LogP contribution >= 0.6 is 0 Å². The maximum absolute atomic E-state index is 13.5. The number of likely N-dealkylation sites (tertiary alicyclic amines) is 2. The number of rotatable bonds is 13. The molecule has 9 nitrogen and oxygen atoms in total. The van der Waals surface area contributed by atoms with Crippen molar-refractivity contribution in [2.24, 2.45) is 10.8 Å². The van der Waals surface area contributed by atoms with Crippen molar-refractivity contribution in [3.8, 4) is 0 Å². The van der Waals surface area contributed by atoms with Gasteiger partial charge in [0.05, 0.1) is 24.7 Å². The van der Waals surface area contributed by atoms with Crippen LogP contribution in [0, 0.1) is 10.8 Å². The summed E-state index contributed by atoms with van der Waals surface area (Å²) < 4.78 is 0. The predicted octanol–water partition coefficient (Wildman–Crippen LogP) is 3.24. The van der Waals surface area contributed by atoms with Crippen LogP contribution in [-0.2, 0) is 14.4 Å². The lowest BCUT2D eigenvalue weighted by molar-refractivity contribution is -0.140. The second-order valence-corrected chi connectivity index (χ2v) is 12.1. The number of nitrogens with one attached hydrogen (secondary N) is 2. The molecule has 0 aromatic rings. The molecule has 0 aromatic heterocycles. The lowest BCUT2D eigenvalue weighted by atomic mass is 9.81. The minimum Gasteiger partial charge on any atom is -0.391 e. The first-order valence-corrected chi connectivity index (χ1v) is 14.2. The van der Waals surface area contributed by atoms with Crippen molar-refractivity contribution in [2.75, 3.05) is 26.2 Å². The molecule has 2 fully saturated rings. The molecule has 2 aliphatic rings. The average Bonchev–Trinajstić information content (AvgIpc) is 3.49. The maximum atomic E-state index is 13.5. The largest absolute Gasteiger partial charge is 0.391 e. The highest BCUT2D eigenvalue weighted by Crippen LogP contribution is 2.33. The molecule has 3 N–H and O–H groups in total. The number of ketones is 1. The summed E-state index contributed by atoms with van der Waals surface area (Å²) in [6, 6.07) is -1.93. The molecule has 2 aliphatic heterocycles. The Bertz CT molecular complexity index is 810. The van der Waals surface area contributed by atoms with E-state index in [1.807, 2.05) is 0 Å². The second kappa shape index (κ2) is 13.6. The first-order valence-electron chi connectivity index (χ1n) is 14.2. The van der Waals surface area contributed by atoms with E-state index < -0.39 is 24.2 Å². The Morgan fingerprint density at radius 1 is 0.946 bits per heavy atom. The van der Waals surface area contributed by atoms with Crippen LogP contribution in [-0.4, -0.2) is 82.9 Å². The fraction of sp³-hybridized carbons (Fsp3) is 0.857. The number of aliphatic hydroxyl groups excluding tert-OH is 1. The highest BCUT2D eigenvalue weighted by Gasteiger charge is 2.45. The van der Waals surface area contributed by atoms with Crippen molar-refractivity contribution in [2.45, 2.75) is 118 Å². The van der Waals surface area contributed by atoms with E-state index in [1.165, 1.54) is 4.90 Å². The quantitative estimate of drug-likeness (QED) is 0.343. The highest BCUT2D eigenvalue weighted by atomic mass is 16.3. The molecule has 0 aromatic carbocycles. The number of amides is 4. The van der Waals surface area contributed by atoms with Crippen LogP contribution in [0.4, 0.5) is 4.79 Å². The second-order valence-electron chi connectivity index (χ2n) is 12.1. The Morgan fingerprint density at radius 2 is 1.62 bits per heavy atom. The number of aliphatic hydroxyl groups is 1. The first-order chi connectivity index (χ1) is 17.4. The topological polar surface area (TPSA) is 119 Å². The van der Waals surface area contributed by atoms with Gasteiger partial charge in [0.25, 0.3) is 0 Å². The molecule has 37 heavy (non-hydrogen) atoms. The number of urea groups is 1. The summed E-state index contributed by atoms with van der Waals surface area (Å²) in [5, 5.41) is 15.7. The van der Waals surface area contributed by atoms with Gasteiger partial charge in [-0.05, 0) is 36.5 Å². The van der Waals surface area contributed by atoms with Crippen LogP contribution in [0.25, 0.3) is 0 Å². The summed E-state index contributed by atoms with van der Waals surface area (Å²) in [5.74, 6) is -0.504. The molecule has 2 saturated heterocycles. The standard InChI is InChI=1S/C28H50N4O5/c1-7-12-27(4,5)13-14-29-23(34)18-30-26(37)32-19-20(33)16-22(32)25(36)21-11-10-15-31(21)24(35)17-28(6,8-2)9-3/h20-22,33H,7-19H2,1-6H3,(H,29,34)(H,30,37). The van der Waals surface area contributed by atoms with Gasteiger partial charge < -0.3 is 25.5 Å². The molecule has 0 aliphatic carbocycles. The van der Waals surface area contributed by atoms with E-state index >= 15 is 0 Å².